The molecule has 1 saturated heterocycles. The first kappa shape index (κ1) is 24.1. The van der Waals surface area contributed by atoms with Crippen molar-refractivity contribution in [3.05, 3.63) is 63.9 Å². The van der Waals surface area contributed by atoms with Crippen molar-refractivity contribution in [2.45, 2.75) is 32.9 Å². The van der Waals surface area contributed by atoms with Crippen molar-refractivity contribution in [1.29, 1.82) is 0 Å². The van der Waals surface area contributed by atoms with E-state index in [0.29, 0.717) is 67.0 Å². The number of anilines is 2. The summed E-state index contributed by atoms with van der Waals surface area (Å²) >= 11 is 5.88. The molecule has 9 nitrogen and oxygen atoms in total. The first-order valence-electron chi connectivity index (χ1n) is 12.2. The number of H-pyrrole nitrogens is 1. The van der Waals surface area contributed by atoms with E-state index in [0.717, 1.165) is 16.8 Å². The molecular formula is C26H30N6O3S. The van der Waals surface area contributed by atoms with Crippen LogP contribution < -0.4 is 15.8 Å². The molecule has 1 amide bonds. The second-order valence-electron chi connectivity index (χ2n) is 9.68. The van der Waals surface area contributed by atoms with Gasteiger partial charge in [-0.2, -0.15) is 0 Å². The molecule has 1 aromatic heterocycles. The lowest BCUT2D eigenvalue weighted by molar-refractivity contribution is 0.140. The number of fused-ring (bicyclic) bond motifs is 2. The predicted molar refractivity (Wildman–Crippen MR) is 145 cm³/mol. The Labute approximate surface area is 214 Å². The highest BCUT2D eigenvalue weighted by molar-refractivity contribution is 7.80. The lowest BCUT2D eigenvalue weighted by atomic mass is 9.97. The van der Waals surface area contributed by atoms with Crippen LogP contribution in [-0.4, -0.2) is 68.3 Å². The maximum Gasteiger partial charge on any atom is 0.407 e. The number of aromatic amines is 1. The zero-order valence-electron chi connectivity index (χ0n) is 20.4. The molecule has 5 rings (SSSR count). The van der Waals surface area contributed by atoms with E-state index in [9.17, 15) is 14.7 Å². The molecule has 2 aliphatic rings. The van der Waals surface area contributed by atoms with Crippen LogP contribution in [-0.2, 0) is 13.0 Å². The van der Waals surface area contributed by atoms with Crippen LogP contribution in [0.5, 0.6) is 0 Å². The number of nitrogens with zero attached hydrogens (tertiary/aromatic N) is 4. The van der Waals surface area contributed by atoms with Gasteiger partial charge in [0.25, 0.3) is 5.56 Å². The molecule has 3 aromatic rings. The van der Waals surface area contributed by atoms with E-state index >= 15 is 0 Å². The number of piperazine rings is 1. The minimum Gasteiger partial charge on any atom is -0.465 e. The number of carboxylic acid groups (broad SMARTS) is 1. The van der Waals surface area contributed by atoms with Crippen LogP contribution in [0.25, 0.3) is 10.9 Å². The molecule has 1 unspecified atom stereocenters. The van der Waals surface area contributed by atoms with E-state index in [1.807, 2.05) is 36.4 Å². The summed E-state index contributed by atoms with van der Waals surface area (Å²) in [6.45, 7) is 7.24. The highest BCUT2D eigenvalue weighted by Gasteiger charge is 2.32. The summed E-state index contributed by atoms with van der Waals surface area (Å²) in [5.74, 6) is 0.900. The van der Waals surface area contributed by atoms with Crippen LogP contribution in [0.15, 0.2) is 47.3 Å². The Morgan fingerprint density at radius 1 is 1.17 bits per heavy atom. The molecule has 10 heteroatoms. The third-order valence-corrected chi connectivity index (χ3v) is 7.46. The summed E-state index contributed by atoms with van der Waals surface area (Å²) in [4.78, 5) is 37.5. The van der Waals surface area contributed by atoms with E-state index in [2.05, 4.69) is 33.9 Å². The van der Waals surface area contributed by atoms with Crippen LogP contribution in [0.3, 0.4) is 0 Å². The summed E-state index contributed by atoms with van der Waals surface area (Å²) in [5, 5.41) is 14.1. The van der Waals surface area contributed by atoms with Crippen molar-refractivity contribution in [2.75, 3.05) is 36.4 Å². The van der Waals surface area contributed by atoms with Gasteiger partial charge in [-0.1, -0.05) is 38.1 Å². The highest BCUT2D eigenvalue weighted by Crippen LogP contribution is 2.28. The first-order chi connectivity index (χ1) is 17.3. The lowest BCUT2D eigenvalue weighted by Gasteiger charge is -2.45. The average Bonchev–Trinajstić information content (AvgIpc) is 2.88. The third-order valence-electron chi connectivity index (χ3n) is 7.13. The average molecular weight is 507 g/mol. The van der Waals surface area contributed by atoms with Gasteiger partial charge in [0.1, 0.15) is 0 Å². The van der Waals surface area contributed by atoms with Gasteiger partial charge in [0.05, 0.1) is 16.9 Å². The van der Waals surface area contributed by atoms with Crippen molar-refractivity contribution in [3.8, 4) is 0 Å². The molecule has 0 saturated carbocycles. The molecule has 1 fully saturated rings. The van der Waals surface area contributed by atoms with Gasteiger partial charge in [-0.15, -0.1) is 0 Å². The number of carbonyl (C=O) groups is 1. The van der Waals surface area contributed by atoms with Crippen molar-refractivity contribution in [1.82, 2.24) is 19.8 Å². The van der Waals surface area contributed by atoms with Crippen molar-refractivity contribution < 1.29 is 9.90 Å². The standard InChI is InChI=1S/C26H30N6O3S/c1-16(2)22-15-30(24-27-21-8-4-3-7-19(21)23(33)29-24)12-13-32(22)25(36)28-20-9-5-6-17-14-31(26(34)35)11-10-18(17)20/h3-9,16,22H,10-15H2,1-2H3,(H,28,36)(H,34,35)(H,27,29,33). The van der Waals surface area contributed by atoms with Crippen LogP contribution in [0, 0.1) is 5.92 Å². The van der Waals surface area contributed by atoms with Gasteiger partial charge in [0.2, 0.25) is 5.95 Å². The lowest BCUT2D eigenvalue weighted by Crippen LogP contribution is -2.58. The SMILES string of the molecule is CC(C)C1CN(c2nc3ccccc3c(=O)[nH]2)CCN1C(=S)Nc1cccc2c1CCN(C(=O)O)C2. The molecule has 188 valence electrons. The molecule has 0 bridgehead atoms. The van der Waals surface area contributed by atoms with Gasteiger partial charge in [0, 0.05) is 38.4 Å². The van der Waals surface area contributed by atoms with E-state index in [-0.39, 0.29) is 11.6 Å². The smallest absolute Gasteiger partial charge is 0.407 e. The number of benzene rings is 2. The van der Waals surface area contributed by atoms with Crippen LogP contribution >= 0.6 is 12.2 Å². The van der Waals surface area contributed by atoms with Crippen LogP contribution in [0.4, 0.5) is 16.4 Å². The summed E-state index contributed by atoms with van der Waals surface area (Å²) in [5.41, 5.74) is 3.62. The fourth-order valence-electron chi connectivity index (χ4n) is 5.13. The topological polar surface area (TPSA) is 105 Å². The fourth-order valence-corrected chi connectivity index (χ4v) is 5.46. The largest absolute Gasteiger partial charge is 0.465 e. The Hall–Kier alpha value is -3.66. The predicted octanol–water partition coefficient (Wildman–Crippen LogP) is 3.50. The molecule has 0 radical (unpaired) electrons. The summed E-state index contributed by atoms with van der Waals surface area (Å²) in [6.07, 6.45) is -0.245. The minimum absolute atomic E-state index is 0.123. The number of hydrogen-bond donors (Lipinski definition) is 3. The number of hydrogen-bond acceptors (Lipinski definition) is 5. The molecule has 0 aliphatic carbocycles. The second-order valence-corrected chi connectivity index (χ2v) is 10.1. The fraction of sp³-hybridized carbons (Fsp3) is 0.385. The molecular weight excluding hydrogens is 476 g/mol. The van der Waals surface area contributed by atoms with E-state index in [1.165, 1.54) is 4.90 Å². The van der Waals surface area contributed by atoms with E-state index in [4.69, 9.17) is 17.2 Å². The van der Waals surface area contributed by atoms with E-state index < -0.39 is 6.09 Å². The summed E-state index contributed by atoms with van der Waals surface area (Å²) < 4.78 is 0. The zero-order valence-corrected chi connectivity index (χ0v) is 21.2. The molecule has 2 aromatic carbocycles. The first-order valence-corrected chi connectivity index (χ1v) is 12.6. The van der Waals surface area contributed by atoms with E-state index in [1.54, 1.807) is 6.07 Å². The van der Waals surface area contributed by atoms with Gasteiger partial charge >= 0.3 is 6.09 Å². The van der Waals surface area contributed by atoms with Gasteiger partial charge < -0.3 is 25.1 Å². The maximum absolute atomic E-state index is 12.6. The Morgan fingerprint density at radius 3 is 2.75 bits per heavy atom. The Balaban J connectivity index is 1.34. The monoisotopic (exact) mass is 506 g/mol. The number of amides is 1. The van der Waals surface area contributed by atoms with Crippen molar-refractivity contribution >= 4 is 46.0 Å². The maximum atomic E-state index is 12.6. The van der Waals surface area contributed by atoms with Gasteiger partial charge in [-0.25, -0.2) is 9.78 Å². The minimum atomic E-state index is -0.894. The molecule has 0 spiro atoms. The number of thiocarbonyl (C=S) groups is 1. The highest BCUT2D eigenvalue weighted by atomic mass is 32.1. The second kappa shape index (κ2) is 9.77. The van der Waals surface area contributed by atoms with Crippen LogP contribution in [0.2, 0.25) is 0 Å². The zero-order chi connectivity index (χ0) is 25.4. The molecule has 3 heterocycles. The molecule has 36 heavy (non-hydrogen) atoms. The van der Waals surface area contributed by atoms with Crippen molar-refractivity contribution in [2.24, 2.45) is 5.92 Å². The molecule has 1 atom stereocenters. The Kier molecular flexibility index (Phi) is 6.53. The number of para-hydroxylation sites is 1. The Morgan fingerprint density at radius 2 is 1.97 bits per heavy atom. The van der Waals surface area contributed by atoms with Gasteiger partial charge in [0.15, 0.2) is 5.11 Å². The molecule has 2 aliphatic heterocycles. The summed E-state index contributed by atoms with van der Waals surface area (Å²) in [7, 11) is 0. The number of nitrogens with one attached hydrogen (secondary N) is 2. The van der Waals surface area contributed by atoms with Crippen LogP contribution in [0.1, 0.15) is 25.0 Å². The van der Waals surface area contributed by atoms with Gasteiger partial charge in [-0.3, -0.25) is 9.78 Å². The van der Waals surface area contributed by atoms with Crippen molar-refractivity contribution in [3.63, 3.8) is 0 Å². The number of rotatable bonds is 3. The third kappa shape index (κ3) is 4.60. The quantitative estimate of drug-likeness (QED) is 0.464. The Bertz CT molecular complexity index is 1370. The van der Waals surface area contributed by atoms with Gasteiger partial charge in [-0.05, 0) is 53.9 Å². The normalized spacial score (nSPS) is 17.9. The number of aromatic nitrogens is 2. The summed E-state index contributed by atoms with van der Waals surface area (Å²) in [6, 6.07) is 13.4. The molecule has 3 N–H and O–H groups in total.